The Morgan fingerprint density at radius 2 is 1.82 bits per heavy atom. The van der Waals surface area contributed by atoms with Crippen molar-refractivity contribution in [1.29, 1.82) is 0 Å². The largest absolute Gasteiger partial charge is 0.465 e. The number of esters is 1. The van der Waals surface area contributed by atoms with Crippen LogP contribution < -0.4 is 4.90 Å². The number of tetrazole rings is 1. The molecular weight excluding hydrogens is 378 g/mol. The zero-order chi connectivity index (χ0) is 19.9. The van der Waals surface area contributed by atoms with Gasteiger partial charge in [0.05, 0.1) is 30.7 Å². The molecule has 0 atom stereocenters. The lowest BCUT2D eigenvalue weighted by Crippen LogP contribution is -2.29. The van der Waals surface area contributed by atoms with Gasteiger partial charge in [-0.05, 0) is 28.1 Å². The molecule has 28 heavy (non-hydrogen) atoms. The molecule has 0 saturated carbocycles. The zero-order valence-electron chi connectivity index (χ0n) is 15.5. The van der Waals surface area contributed by atoms with E-state index in [0.717, 1.165) is 5.56 Å². The van der Waals surface area contributed by atoms with E-state index >= 15 is 0 Å². The number of ether oxygens (including phenoxy) is 1. The summed E-state index contributed by atoms with van der Waals surface area (Å²) in [5, 5.41) is 12.2. The second kappa shape index (κ2) is 9.14. The van der Waals surface area contributed by atoms with E-state index in [4.69, 9.17) is 4.74 Å². The summed E-state index contributed by atoms with van der Waals surface area (Å²) in [6.45, 7) is 0.519. The van der Waals surface area contributed by atoms with Crippen LogP contribution in [0.15, 0.2) is 59.8 Å². The number of benzene rings is 2. The highest BCUT2D eigenvalue weighted by molar-refractivity contribution is 7.99. The van der Waals surface area contributed by atoms with Crippen molar-refractivity contribution >= 4 is 29.3 Å². The lowest BCUT2D eigenvalue weighted by atomic mass is 10.1. The molecule has 0 spiro atoms. The Kier molecular flexibility index (Phi) is 6.38. The molecule has 0 radical (unpaired) electrons. The van der Waals surface area contributed by atoms with E-state index in [9.17, 15) is 9.59 Å². The van der Waals surface area contributed by atoms with Crippen LogP contribution in [0.5, 0.6) is 0 Å². The van der Waals surface area contributed by atoms with Gasteiger partial charge < -0.3 is 9.64 Å². The third-order valence-corrected chi connectivity index (χ3v) is 4.99. The van der Waals surface area contributed by atoms with Crippen molar-refractivity contribution in [1.82, 2.24) is 20.2 Å². The average molecular weight is 397 g/mol. The van der Waals surface area contributed by atoms with Crippen molar-refractivity contribution in [2.45, 2.75) is 11.7 Å². The van der Waals surface area contributed by atoms with Crippen LogP contribution in [0.3, 0.4) is 0 Å². The van der Waals surface area contributed by atoms with E-state index in [-0.39, 0.29) is 11.7 Å². The third-order valence-electron chi connectivity index (χ3n) is 4.04. The van der Waals surface area contributed by atoms with Crippen molar-refractivity contribution in [3.63, 3.8) is 0 Å². The second-order valence-corrected chi connectivity index (χ2v) is 6.80. The molecule has 0 aliphatic rings. The number of hydrogen-bond donors (Lipinski definition) is 0. The van der Waals surface area contributed by atoms with Crippen molar-refractivity contribution in [3.8, 4) is 0 Å². The minimum atomic E-state index is -0.491. The fraction of sp³-hybridized carbons (Fsp3) is 0.211. The fourth-order valence-electron chi connectivity index (χ4n) is 2.56. The number of thioether (sulfide) groups is 1. The Morgan fingerprint density at radius 3 is 2.57 bits per heavy atom. The van der Waals surface area contributed by atoms with Gasteiger partial charge in [-0.2, -0.15) is 0 Å². The number of carbonyl (C=O) groups is 2. The number of amides is 1. The summed E-state index contributed by atoms with van der Waals surface area (Å²) in [5.41, 5.74) is 1.88. The van der Waals surface area contributed by atoms with Crippen LogP contribution in [-0.4, -0.2) is 52.0 Å². The SMILES string of the molecule is COC(=O)c1ccccc1N(C)C(=O)CSc1nnnn1Cc1ccccc1. The van der Waals surface area contributed by atoms with Crippen LogP contribution >= 0.6 is 11.8 Å². The number of aromatic nitrogens is 4. The third kappa shape index (κ3) is 4.55. The minimum Gasteiger partial charge on any atom is -0.465 e. The van der Waals surface area contributed by atoms with Crippen LogP contribution in [0.1, 0.15) is 15.9 Å². The summed E-state index contributed by atoms with van der Waals surface area (Å²) >= 11 is 1.24. The highest BCUT2D eigenvalue weighted by atomic mass is 32.2. The van der Waals surface area contributed by atoms with Gasteiger partial charge in [0, 0.05) is 7.05 Å². The lowest BCUT2D eigenvalue weighted by molar-refractivity contribution is -0.115. The number of carbonyl (C=O) groups excluding carboxylic acids is 2. The quantitative estimate of drug-likeness (QED) is 0.446. The molecule has 2 aromatic carbocycles. The Bertz CT molecular complexity index is 961. The van der Waals surface area contributed by atoms with Gasteiger partial charge in [0.15, 0.2) is 0 Å². The Balaban J connectivity index is 1.67. The van der Waals surface area contributed by atoms with E-state index in [1.807, 2.05) is 30.3 Å². The first kappa shape index (κ1) is 19.6. The Labute approximate surface area is 166 Å². The second-order valence-electron chi connectivity index (χ2n) is 5.85. The number of hydrogen-bond acceptors (Lipinski definition) is 7. The summed E-state index contributed by atoms with van der Waals surface area (Å²) in [6, 6.07) is 16.6. The zero-order valence-corrected chi connectivity index (χ0v) is 16.3. The number of methoxy groups -OCH3 is 1. The molecule has 0 bridgehead atoms. The molecule has 0 unspecified atom stereocenters. The molecule has 9 heteroatoms. The van der Waals surface area contributed by atoms with Gasteiger partial charge >= 0.3 is 5.97 Å². The van der Waals surface area contributed by atoms with E-state index < -0.39 is 5.97 Å². The predicted octanol–water partition coefficient (Wildman–Crippen LogP) is 2.26. The molecular formula is C19H19N5O3S. The normalized spacial score (nSPS) is 10.5. The smallest absolute Gasteiger partial charge is 0.339 e. The maximum absolute atomic E-state index is 12.6. The summed E-state index contributed by atoms with van der Waals surface area (Å²) < 4.78 is 6.43. The van der Waals surface area contributed by atoms with E-state index in [1.54, 1.807) is 36.0 Å². The van der Waals surface area contributed by atoms with Gasteiger partial charge in [-0.15, -0.1) is 5.10 Å². The molecule has 0 fully saturated rings. The molecule has 3 aromatic rings. The Morgan fingerprint density at radius 1 is 1.11 bits per heavy atom. The monoisotopic (exact) mass is 397 g/mol. The minimum absolute atomic E-state index is 0.126. The Hall–Kier alpha value is -3.20. The first-order chi connectivity index (χ1) is 13.6. The van der Waals surface area contributed by atoms with Gasteiger partial charge in [-0.1, -0.05) is 54.2 Å². The molecule has 144 valence electrons. The van der Waals surface area contributed by atoms with Gasteiger partial charge in [0.1, 0.15) is 0 Å². The van der Waals surface area contributed by atoms with Gasteiger partial charge in [-0.25, -0.2) is 9.48 Å². The molecule has 3 rings (SSSR count). The number of rotatable bonds is 7. The van der Waals surface area contributed by atoms with Crippen LogP contribution in [0.25, 0.3) is 0 Å². The standard InChI is InChI=1S/C19H19N5O3S/c1-23(16-11-7-6-10-15(16)18(26)27-2)17(25)13-28-19-20-21-22-24(19)12-14-8-4-3-5-9-14/h3-11H,12-13H2,1-2H3. The van der Waals surface area contributed by atoms with Crippen molar-refractivity contribution in [2.24, 2.45) is 0 Å². The van der Waals surface area contributed by atoms with E-state index in [1.165, 1.54) is 23.8 Å². The molecule has 0 N–H and O–H groups in total. The fourth-order valence-corrected chi connectivity index (χ4v) is 3.35. The first-order valence-electron chi connectivity index (χ1n) is 8.47. The molecule has 1 heterocycles. The van der Waals surface area contributed by atoms with Crippen molar-refractivity contribution in [2.75, 3.05) is 24.8 Å². The average Bonchev–Trinajstić information content (AvgIpc) is 3.18. The molecule has 0 aliphatic carbocycles. The summed E-state index contributed by atoms with van der Waals surface area (Å²) in [5.74, 6) is -0.549. The predicted molar refractivity (Wildman–Crippen MR) is 105 cm³/mol. The molecule has 8 nitrogen and oxygen atoms in total. The highest BCUT2D eigenvalue weighted by Gasteiger charge is 2.20. The lowest BCUT2D eigenvalue weighted by Gasteiger charge is -2.19. The van der Waals surface area contributed by atoms with Gasteiger partial charge in [0.25, 0.3) is 0 Å². The maximum atomic E-state index is 12.6. The topological polar surface area (TPSA) is 90.2 Å². The van der Waals surface area contributed by atoms with Crippen LogP contribution in [0.2, 0.25) is 0 Å². The summed E-state index contributed by atoms with van der Waals surface area (Å²) in [7, 11) is 2.93. The van der Waals surface area contributed by atoms with Crippen molar-refractivity contribution < 1.29 is 14.3 Å². The number of para-hydroxylation sites is 1. The number of nitrogens with zero attached hydrogens (tertiary/aromatic N) is 5. The molecule has 1 amide bonds. The van der Waals surface area contributed by atoms with Crippen molar-refractivity contribution in [3.05, 3.63) is 65.7 Å². The first-order valence-corrected chi connectivity index (χ1v) is 9.45. The maximum Gasteiger partial charge on any atom is 0.339 e. The van der Waals surface area contributed by atoms with Crippen LogP contribution in [-0.2, 0) is 16.1 Å². The molecule has 0 aliphatic heterocycles. The molecule has 0 saturated heterocycles. The van der Waals surface area contributed by atoms with E-state index in [0.29, 0.717) is 23.0 Å². The van der Waals surface area contributed by atoms with Gasteiger partial charge in [0.2, 0.25) is 11.1 Å². The van der Waals surface area contributed by atoms with E-state index in [2.05, 4.69) is 15.5 Å². The summed E-state index contributed by atoms with van der Waals surface area (Å²) in [4.78, 5) is 26.0. The molecule has 1 aromatic heterocycles. The highest BCUT2D eigenvalue weighted by Crippen LogP contribution is 2.22. The number of anilines is 1. The van der Waals surface area contributed by atoms with Gasteiger partial charge in [-0.3, -0.25) is 4.79 Å². The van der Waals surface area contributed by atoms with Crippen LogP contribution in [0, 0.1) is 0 Å². The van der Waals surface area contributed by atoms with Crippen LogP contribution in [0.4, 0.5) is 5.69 Å². The summed E-state index contributed by atoms with van der Waals surface area (Å²) in [6.07, 6.45) is 0.